The predicted octanol–water partition coefficient (Wildman–Crippen LogP) is 4.80. The van der Waals surface area contributed by atoms with Crippen molar-refractivity contribution in [3.8, 4) is 11.1 Å². The van der Waals surface area contributed by atoms with Crippen LogP contribution in [0.3, 0.4) is 0 Å². The first kappa shape index (κ1) is 27.1. The minimum absolute atomic E-state index is 0.0181. The van der Waals surface area contributed by atoms with Crippen molar-refractivity contribution in [3.63, 3.8) is 0 Å². The second kappa shape index (κ2) is 11.6. The summed E-state index contributed by atoms with van der Waals surface area (Å²) in [7, 11) is -4.01. The second-order valence-electron chi connectivity index (χ2n) is 9.42. The number of hydrogen-bond acceptors (Lipinski definition) is 5. The molecule has 0 fully saturated rings. The largest absolute Gasteiger partial charge is 0.346 e. The third kappa shape index (κ3) is 5.94. The number of nitrogens with one attached hydrogen (secondary N) is 1. The summed E-state index contributed by atoms with van der Waals surface area (Å²) in [6.45, 7) is 6.38. The number of nitrogens with zero attached hydrogens (tertiary/aromatic N) is 3. The van der Waals surface area contributed by atoms with E-state index in [4.69, 9.17) is 0 Å². The maximum atomic E-state index is 13.0. The smallest absolute Gasteiger partial charge is 0.274 e. The molecule has 8 nitrogen and oxygen atoms in total. The molecule has 0 radical (unpaired) electrons. The average Bonchev–Trinajstić information content (AvgIpc) is 3.23. The van der Waals surface area contributed by atoms with Crippen molar-refractivity contribution < 1.29 is 13.2 Å². The van der Waals surface area contributed by atoms with Gasteiger partial charge in [0.2, 0.25) is 0 Å². The summed E-state index contributed by atoms with van der Waals surface area (Å²) < 4.78 is 30.8. The molecule has 1 aromatic heterocycles. The minimum Gasteiger partial charge on any atom is -0.274 e. The van der Waals surface area contributed by atoms with Crippen molar-refractivity contribution in [2.45, 2.75) is 57.5 Å². The van der Waals surface area contributed by atoms with E-state index >= 15 is 0 Å². The molecule has 0 spiro atoms. The van der Waals surface area contributed by atoms with Crippen LogP contribution < -0.4 is 10.4 Å². The molecule has 9 heteroatoms. The van der Waals surface area contributed by atoms with Gasteiger partial charge in [-0.1, -0.05) is 74.0 Å². The lowest BCUT2D eigenvalue weighted by Crippen LogP contribution is -2.30. The van der Waals surface area contributed by atoms with E-state index in [0.717, 1.165) is 36.2 Å². The molecule has 0 bridgehead atoms. The monoisotopic (exact) mass is 532 g/mol. The zero-order valence-electron chi connectivity index (χ0n) is 21.8. The molecular weight excluding hydrogens is 500 g/mol. The number of unbranched alkanes of at least 4 members (excludes halogenated alkanes) is 1. The first-order chi connectivity index (χ1) is 18.2. The maximum Gasteiger partial charge on any atom is 0.346 e. The van der Waals surface area contributed by atoms with Crippen molar-refractivity contribution in [2.24, 2.45) is 0 Å². The van der Waals surface area contributed by atoms with Gasteiger partial charge in [0.25, 0.3) is 15.9 Å². The number of sulfonamides is 1. The van der Waals surface area contributed by atoms with Crippen LogP contribution in [0.4, 0.5) is 0 Å². The molecule has 0 atom stereocenters. The molecule has 0 saturated carbocycles. The molecule has 1 heterocycles. The lowest BCUT2D eigenvalue weighted by atomic mass is 9.98. The highest BCUT2D eigenvalue weighted by Crippen LogP contribution is 2.25. The average molecular weight is 533 g/mol. The fraction of sp³-hybridized carbons (Fsp3) is 0.276. The van der Waals surface area contributed by atoms with Crippen LogP contribution in [-0.4, -0.2) is 28.7 Å². The molecule has 4 rings (SSSR count). The van der Waals surface area contributed by atoms with Crippen molar-refractivity contribution in [2.75, 3.05) is 0 Å². The van der Waals surface area contributed by atoms with Gasteiger partial charge in [-0.2, -0.15) is 5.10 Å². The van der Waals surface area contributed by atoms with Gasteiger partial charge < -0.3 is 0 Å². The van der Waals surface area contributed by atoms with Crippen molar-refractivity contribution in [3.05, 3.63) is 106 Å². The molecule has 0 unspecified atom stereocenters. The lowest BCUT2D eigenvalue weighted by molar-refractivity contribution is 0.0982. The molecule has 4 aromatic rings. The van der Waals surface area contributed by atoms with Gasteiger partial charge in [0.15, 0.2) is 0 Å². The molecule has 3 aromatic carbocycles. The molecule has 1 N–H and O–H groups in total. The van der Waals surface area contributed by atoms with E-state index in [1.807, 2.05) is 38.1 Å². The van der Waals surface area contributed by atoms with Crippen LogP contribution in [0.5, 0.6) is 0 Å². The molecule has 0 aliphatic heterocycles. The Hall–Kier alpha value is -3.98. The molecule has 1 amide bonds. The van der Waals surface area contributed by atoms with E-state index in [9.17, 15) is 18.0 Å². The molecule has 198 valence electrons. The van der Waals surface area contributed by atoms with Gasteiger partial charge in [0.05, 0.1) is 17.5 Å². The number of carbonyl (C=O) groups is 1. The molecule has 38 heavy (non-hydrogen) atoms. The van der Waals surface area contributed by atoms with Crippen molar-refractivity contribution >= 4 is 15.9 Å². The van der Waals surface area contributed by atoms with Gasteiger partial charge in [-0.3, -0.25) is 9.36 Å². The number of benzene rings is 3. The van der Waals surface area contributed by atoms with Gasteiger partial charge in [-0.15, -0.1) is 0 Å². The van der Waals surface area contributed by atoms with Gasteiger partial charge in [0.1, 0.15) is 5.82 Å². The van der Waals surface area contributed by atoms with Gasteiger partial charge in [0, 0.05) is 12.0 Å². The van der Waals surface area contributed by atoms with Gasteiger partial charge >= 0.3 is 5.69 Å². The summed E-state index contributed by atoms with van der Waals surface area (Å²) in [5.41, 5.74) is 2.40. The zero-order valence-corrected chi connectivity index (χ0v) is 22.6. The molecule has 0 saturated heterocycles. The topological polar surface area (TPSA) is 103 Å². The first-order valence-corrected chi connectivity index (χ1v) is 14.2. The normalized spacial score (nSPS) is 11.6. The molecule has 0 aliphatic rings. The Kier molecular flexibility index (Phi) is 8.26. The number of carbonyl (C=O) groups excluding carboxylic acids is 1. The van der Waals surface area contributed by atoms with Crippen LogP contribution in [0.25, 0.3) is 11.1 Å². The Balaban J connectivity index is 1.59. The number of amides is 1. The number of aryl methyl sites for hydroxylation is 1. The maximum absolute atomic E-state index is 13.0. The van der Waals surface area contributed by atoms with E-state index in [2.05, 4.69) is 16.7 Å². The minimum atomic E-state index is -4.01. The highest BCUT2D eigenvalue weighted by molar-refractivity contribution is 7.90. The number of rotatable bonds is 10. The second-order valence-corrected chi connectivity index (χ2v) is 11.1. The Morgan fingerprint density at radius 3 is 2.26 bits per heavy atom. The third-order valence-corrected chi connectivity index (χ3v) is 7.61. The highest BCUT2D eigenvalue weighted by atomic mass is 32.2. The Labute approximate surface area is 223 Å². The number of hydrogen-bond donors (Lipinski definition) is 1. The van der Waals surface area contributed by atoms with E-state index in [-0.39, 0.29) is 22.2 Å². The van der Waals surface area contributed by atoms with E-state index in [0.29, 0.717) is 12.1 Å². The van der Waals surface area contributed by atoms with Crippen LogP contribution in [0.15, 0.2) is 88.6 Å². The Morgan fingerprint density at radius 2 is 1.61 bits per heavy atom. The Morgan fingerprint density at radius 1 is 0.947 bits per heavy atom. The fourth-order valence-electron chi connectivity index (χ4n) is 4.21. The highest BCUT2D eigenvalue weighted by Gasteiger charge is 2.21. The van der Waals surface area contributed by atoms with Crippen LogP contribution in [0.1, 0.15) is 61.4 Å². The first-order valence-electron chi connectivity index (χ1n) is 12.7. The summed E-state index contributed by atoms with van der Waals surface area (Å²) >= 11 is 0. The predicted molar refractivity (Wildman–Crippen MR) is 148 cm³/mol. The van der Waals surface area contributed by atoms with Crippen LogP contribution in [-0.2, 0) is 23.0 Å². The summed E-state index contributed by atoms with van der Waals surface area (Å²) in [6.07, 6.45) is 2.70. The van der Waals surface area contributed by atoms with Gasteiger partial charge in [-0.05, 0) is 55.2 Å². The number of aromatic nitrogens is 3. The fourth-order valence-corrected chi connectivity index (χ4v) is 5.20. The van der Waals surface area contributed by atoms with Crippen LogP contribution in [0, 0.1) is 0 Å². The summed E-state index contributed by atoms with van der Waals surface area (Å²) in [4.78, 5) is 26.0. The van der Waals surface area contributed by atoms with E-state index in [1.165, 1.54) is 16.8 Å². The van der Waals surface area contributed by atoms with Crippen molar-refractivity contribution in [1.29, 1.82) is 0 Å². The zero-order chi connectivity index (χ0) is 27.3. The quantitative estimate of drug-likeness (QED) is 0.316. The molecular formula is C29H32N4O4S. The van der Waals surface area contributed by atoms with E-state index < -0.39 is 15.9 Å². The van der Waals surface area contributed by atoms with Crippen LogP contribution >= 0.6 is 0 Å². The molecule has 0 aliphatic carbocycles. The van der Waals surface area contributed by atoms with Crippen LogP contribution in [0.2, 0.25) is 0 Å². The summed E-state index contributed by atoms with van der Waals surface area (Å²) in [5.74, 6) is 0.0676. The summed E-state index contributed by atoms with van der Waals surface area (Å²) in [6, 6.07) is 22.2. The Bertz CT molecular complexity index is 1570. The summed E-state index contributed by atoms with van der Waals surface area (Å²) in [5, 5.41) is 4.56. The van der Waals surface area contributed by atoms with Crippen molar-refractivity contribution in [1.82, 2.24) is 19.1 Å². The third-order valence-electron chi connectivity index (χ3n) is 6.26. The lowest BCUT2D eigenvalue weighted by Gasteiger charge is -2.12. The standard InChI is InChI=1S/C29H32N4O4S/c1-4-5-15-27-30-33(21(2)3)29(35)32(27)20-22-16-18-23(19-17-22)25-13-9-10-14-26(25)28(34)31-38(36,37)24-11-7-6-8-12-24/h6-14,16-19,21H,4-5,15,20H2,1-3H3,(H,31,34). The van der Waals surface area contributed by atoms with Gasteiger partial charge in [-0.25, -0.2) is 22.6 Å². The SMILES string of the molecule is CCCCc1nn(C(C)C)c(=O)n1Cc1ccc(-c2ccccc2C(=O)NS(=O)(=O)c2ccccc2)cc1. The van der Waals surface area contributed by atoms with E-state index in [1.54, 1.807) is 47.0 Å².